The molecular weight excluding hydrogens is 280 g/mol. The summed E-state index contributed by atoms with van der Waals surface area (Å²) in [5, 5.41) is 0. The van der Waals surface area contributed by atoms with Crippen LogP contribution in [0.25, 0.3) is 0 Å². The highest BCUT2D eigenvalue weighted by molar-refractivity contribution is 5.79. The van der Waals surface area contributed by atoms with Gasteiger partial charge in [0.05, 0.1) is 6.61 Å². The molecule has 0 spiro atoms. The second-order valence-electron chi connectivity index (χ2n) is 5.72. The lowest BCUT2D eigenvalue weighted by Gasteiger charge is -2.14. The predicted octanol–water partition coefficient (Wildman–Crippen LogP) is 4.79. The Morgan fingerprint density at radius 3 is 1.86 bits per heavy atom. The minimum atomic E-state index is -0.744. The van der Waals surface area contributed by atoms with Crippen molar-refractivity contribution in [3.05, 3.63) is 0 Å². The Morgan fingerprint density at radius 2 is 1.36 bits per heavy atom. The molecule has 4 nitrogen and oxygen atoms in total. The Balaban J connectivity index is 3.58. The van der Waals surface area contributed by atoms with Crippen LogP contribution in [0.5, 0.6) is 0 Å². The Bertz CT molecular complexity index is 289. The van der Waals surface area contributed by atoms with Gasteiger partial charge in [-0.25, -0.2) is 4.79 Å². The zero-order valence-corrected chi connectivity index (χ0v) is 14.7. The summed E-state index contributed by atoms with van der Waals surface area (Å²) in [5.74, 6) is -0.728. The number of esters is 2. The van der Waals surface area contributed by atoms with E-state index in [4.69, 9.17) is 9.47 Å². The van der Waals surface area contributed by atoms with Crippen molar-refractivity contribution >= 4 is 11.9 Å². The molecule has 0 aromatic carbocycles. The van der Waals surface area contributed by atoms with Gasteiger partial charge in [0.1, 0.15) is 0 Å². The maximum absolute atomic E-state index is 11.7. The van der Waals surface area contributed by atoms with Crippen LogP contribution in [0.4, 0.5) is 0 Å². The maximum Gasteiger partial charge on any atom is 0.347 e. The van der Waals surface area contributed by atoms with E-state index in [1.165, 1.54) is 44.9 Å². The fourth-order valence-corrected chi connectivity index (χ4v) is 2.33. The SMILES string of the molecule is CCCCCCCCCCCC(=O)O[C@H](CC)C(=O)OCC. The van der Waals surface area contributed by atoms with Gasteiger partial charge in [-0.15, -0.1) is 0 Å². The number of carbonyl (C=O) groups is 2. The average Bonchev–Trinajstić information content (AvgIpc) is 2.51. The molecule has 0 saturated heterocycles. The molecular formula is C18H34O4. The van der Waals surface area contributed by atoms with Crippen molar-refractivity contribution in [1.29, 1.82) is 0 Å². The number of carbonyl (C=O) groups excluding carboxylic acids is 2. The number of unbranched alkanes of at least 4 members (excludes halogenated alkanes) is 8. The maximum atomic E-state index is 11.7. The lowest BCUT2D eigenvalue weighted by Crippen LogP contribution is -2.28. The second-order valence-corrected chi connectivity index (χ2v) is 5.72. The molecule has 130 valence electrons. The minimum absolute atomic E-state index is 0.289. The molecule has 0 fully saturated rings. The third-order valence-corrected chi connectivity index (χ3v) is 3.68. The van der Waals surface area contributed by atoms with Gasteiger partial charge in [-0.05, 0) is 19.8 Å². The fourth-order valence-electron chi connectivity index (χ4n) is 2.33. The molecule has 0 amide bonds. The first-order valence-corrected chi connectivity index (χ1v) is 9.01. The first-order valence-electron chi connectivity index (χ1n) is 9.01. The monoisotopic (exact) mass is 314 g/mol. The van der Waals surface area contributed by atoms with Crippen LogP contribution < -0.4 is 0 Å². The van der Waals surface area contributed by atoms with E-state index in [0.717, 1.165) is 12.8 Å². The van der Waals surface area contributed by atoms with Gasteiger partial charge in [0.15, 0.2) is 6.10 Å². The van der Waals surface area contributed by atoms with Gasteiger partial charge in [-0.2, -0.15) is 0 Å². The van der Waals surface area contributed by atoms with E-state index in [9.17, 15) is 9.59 Å². The summed E-state index contributed by atoms with van der Waals surface area (Å²) < 4.78 is 10.1. The lowest BCUT2D eigenvalue weighted by atomic mass is 10.1. The Hall–Kier alpha value is -1.06. The van der Waals surface area contributed by atoms with E-state index in [1.54, 1.807) is 6.92 Å². The van der Waals surface area contributed by atoms with Crippen molar-refractivity contribution in [2.75, 3.05) is 6.61 Å². The predicted molar refractivity (Wildman–Crippen MR) is 88.6 cm³/mol. The van der Waals surface area contributed by atoms with Gasteiger partial charge >= 0.3 is 11.9 Å². The lowest BCUT2D eigenvalue weighted by molar-refractivity contribution is -0.167. The van der Waals surface area contributed by atoms with Crippen molar-refractivity contribution in [1.82, 2.24) is 0 Å². The highest BCUT2D eigenvalue weighted by Crippen LogP contribution is 2.11. The normalized spacial score (nSPS) is 12.0. The summed E-state index contributed by atoms with van der Waals surface area (Å²) in [6.07, 6.45) is 11.0. The van der Waals surface area contributed by atoms with E-state index in [1.807, 2.05) is 6.92 Å². The molecule has 22 heavy (non-hydrogen) atoms. The van der Waals surface area contributed by atoms with Gasteiger partial charge in [0, 0.05) is 6.42 Å². The van der Waals surface area contributed by atoms with Crippen molar-refractivity contribution in [3.8, 4) is 0 Å². The Kier molecular flexibility index (Phi) is 14.1. The van der Waals surface area contributed by atoms with Crippen LogP contribution in [0.3, 0.4) is 0 Å². The van der Waals surface area contributed by atoms with E-state index >= 15 is 0 Å². The number of hydrogen-bond donors (Lipinski definition) is 0. The number of ether oxygens (including phenoxy) is 2. The molecule has 0 N–H and O–H groups in total. The molecule has 0 aliphatic carbocycles. The molecule has 0 heterocycles. The first-order chi connectivity index (χ1) is 10.7. The number of rotatable bonds is 14. The molecule has 0 aromatic rings. The van der Waals surface area contributed by atoms with Crippen LogP contribution in [-0.4, -0.2) is 24.6 Å². The summed E-state index contributed by atoms with van der Waals surface area (Å²) in [7, 11) is 0. The molecule has 0 unspecified atom stereocenters. The van der Waals surface area contributed by atoms with Gasteiger partial charge in [0.25, 0.3) is 0 Å². The second kappa shape index (κ2) is 14.9. The molecule has 0 aromatic heterocycles. The van der Waals surface area contributed by atoms with E-state index in [-0.39, 0.29) is 5.97 Å². The van der Waals surface area contributed by atoms with Crippen LogP contribution in [0.1, 0.15) is 91.4 Å². The average molecular weight is 314 g/mol. The van der Waals surface area contributed by atoms with E-state index in [2.05, 4.69) is 6.92 Å². The van der Waals surface area contributed by atoms with Crippen LogP contribution in [0.2, 0.25) is 0 Å². The highest BCUT2D eigenvalue weighted by atomic mass is 16.6. The topological polar surface area (TPSA) is 52.6 Å². The third kappa shape index (κ3) is 11.6. The van der Waals surface area contributed by atoms with E-state index < -0.39 is 12.1 Å². The molecule has 4 heteroatoms. The summed E-state index contributed by atoms with van der Waals surface area (Å²) in [6.45, 7) is 6.09. The zero-order valence-electron chi connectivity index (χ0n) is 14.7. The molecule has 0 rings (SSSR count). The summed E-state index contributed by atoms with van der Waals surface area (Å²) in [4.78, 5) is 23.2. The standard InChI is InChI=1S/C18H34O4/c1-4-7-8-9-10-11-12-13-14-15-17(19)22-16(5-2)18(20)21-6-3/h16H,4-15H2,1-3H3/t16-/m1/s1. The van der Waals surface area contributed by atoms with Crippen molar-refractivity contribution in [2.45, 2.75) is 97.5 Å². The molecule has 0 aliphatic heterocycles. The summed E-state index contributed by atoms with van der Waals surface area (Å²) >= 11 is 0. The quantitative estimate of drug-likeness (QED) is 0.341. The van der Waals surface area contributed by atoms with E-state index in [0.29, 0.717) is 19.4 Å². The Morgan fingerprint density at radius 1 is 0.818 bits per heavy atom. The molecule has 0 aliphatic rings. The zero-order chi connectivity index (χ0) is 16.6. The van der Waals surface area contributed by atoms with Crippen molar-refractivity contribution in [3.63, 3.8) is 0 Å². The Labute approximate surface area is 135 Å². The largest absolute Gasteiger partial charge is 0.463 e. The highest BCUT2D eigenvalue weighted by Gasteiger charge is 2.21. The van der Waals surface area contributed by atoms with Crippen LogP contribution in [-0.2, 0) is 19.1 Å². The van der Waals surface area contributed by atoms with Crippen molar-refractivity contribution in [2.24, 2.45) is 0 Å². The summed E-state index contributed by atoms with van der Waals surface area (Å²) in [6, 6.07) is 0. The van der Waals surface area contributed by atoms with Gasteiger partial charge in [0.2, 0.25) is 0 Å². The van der Waals surface area contributed by atoms with Gasteiger partial charge in [-0.1, -0.05) is 65.2 Å². The molecule has 0 saturated carbocycles. The van der Waals surface area contributed by atoms with Crippen LogP contribution in [0.15, 0.2) is 0 Å². The van der Waals surface area contributed by atoms with Crippen molar-refractivity contribution < 1.29 is 19.1 Å². The fraction of sp³-hybridized carbons (Fsp3) is 0.889. The van der Waals surface area contributed by atoms with Gasteiger partial charge in [-0.3, -0.25) is 4.79 Å². The first kappa shape index (κ1) is 20.9. The molecule has 1 atom stereocenters. The van der Waals surface area contributed by atoms with Gasteiger partial charge < -0.3 is 9.47 Å². The summed E-state index contributed by atoms with van der Waals surface area (Å²) in [5.41, 5.74) is 0. The van der Waals surface area contributed by atoms with Crippen LogP contribution >= 0.6 is 0 Å². The third-order valence-electron chi connectivity index (χ3n) is 3.68. The molecule has 0 bridgehead atoms. The minimum Gasteiger partial charge on any atom is -0.463 e. The van der Waals surface area contributed by atoms with Crippen LogP contribution in [0, 0.1) is 0 Å². The molecule has 0 radical (unpaired) electrons. The smallest absolute Gasteiger partial charge is 0.347 e. The number of hydrogen-bond acceptors (Lipinski definition) is 4.